The third-order valence-corrected chi connectivity index (χ3v) is 3.75. The van der Waals surface area contributed by atoms with Crippen LogP contribution >= 0.6 is 0 Å². The molecule has 1 atom stereocenters. The number of hydrogen-bond acceptors (Lipinski definition) is 3. The average Bonchev–Trinajstić information content (AvgIpc) is 2.70. The Kier molecular flexibility index (Phi) is 5.87. The third-order valence-electron chi connectivity index (χ3n) is 3.75. The van der Waals surface area contributed by atoms with E-state index >= 15 is 0 Å². The number of hydrogen-bond donors (Lipinski definition) is 0. The van der Waals surface area contributed by atoms with Crippen molar-refractivity contribution < 1.29 is 9.53 Å². The molecule has 0 N–H and O–H groups in total. The molecule has 1 unspecified atom stereocenters. The van der Waals surface area contributed by atoms with Crippen molar-refractivity contribution in [3.05, 3.63) is 0 Å². The molecule has 1 aliphatic rings. The molecule has 4 heteroatoms. The summed E-state index contributed by atoms with van der Waals surface area (Å²) >= 11 is 0. The van der Waals surface area contributed by atoms with Gasteiger partial charge in [0.25, 0.3) is 0 Å². The molecule has 1 amide bonds. The van der Waals surface area contributed by atoms with Gasteiger partial charge in [-0.25, -0.2) is 4.79 Å². The van der Waals surface area contributed by atoms with Crippen molar-refractivity contribution in [1.29, 1.82) is 0 Å². The topological polar surface area (TPSA) is 32.8 Å². The quantitative estimate of drug-likeness (QED) is 0.792. The Balaban J connectivity index is 2.67. The van der Waals surface area contributed by atoms with Gasteiger partial charge in [0.2, 0.25) is 0 Å². The van der Waals surface area contributed by atoms with Crippen LogP contribution in [0.1, 0.15) is 61.3 Å². The first-order valence-electron chi connectivity index (χ1n) is 7.87. The van der Waals surface area contributed by atoms with E-state index in [9.17, 15) is 4.79 Å². The predicted octanol–water partition coefficient (Wildman–Crippen LogP) is 3.50. The van der Waals surface area contributed by atoms with Crippen LogP contribution in [0.2, 0.25) is 0 Å². The standard InChI is InChI=1S/C16H32N2O2/c1-12(2)18(13(3)4)11-14-9-8-10-17(14)15(19)20-16(5,6)7/h12-14H,8-11H2,1-7H3. The fourth-order valence-corrected chi connectivity index (χ4v) is 2.85. The zero-order valence-corrected chi connectivity index (χ0v) is 14.3. The van der Waals surface area contributed by atoms with Gasteiger partial charge in [0.15, 0.2) is 0 Å². The maximum atomic E-state index is 12.3. The lowest BCUT2D eigenvalue weighted by Gasteiger charge is -2.36. The SMILES string of the molecule is CC(C)N(CC1CCCN1C(=O)OC(C)(C)C)C(C)C. The summed E-state index contributed by atoms with van der Waals surface area (Å²) in [6, 6.07) is 1.28. The number of carbonyl (C=O) groups excluding carboxylic acids is 1. The minimum absolute atomic E-state index is 0.160. The molecular weight excluding hydrogens is 252 g/mol. The molecule has 0 saturated carbocycles. The summed E-state index contributed by atoms with van der Waals surface area (Å²) in [5.74, 6) is 0. The lowest BCUT2D eigenvalue weighted by Crippen LogP contribution is -2.48. The molecule has 0 aliphatic carbocycles. The van der Waals surface area contributed by atoms with E-state index in [2.05, 4.69) is 32.6 Å². The Morgan fingerprint density at radius 1 is 1.25 bits per heavy atom. The molecule has 0 bridgehead atoms. The van der Waals surface area contributed by atoms with Crippen molar-refractivity contribution in [3.63, 3.8) is 0 Å². The smallest absolute Gasteiger partial charge is 0.410 e. The fraction of sp³-hybridized carbons (Fsp3) is 0.938. The van der Waals surface area contributed by atoms with Crippen molar-refractivity contribution in [2.45, 2.75) is 85.0 Å². The highest BCUT2D eigenvalue weighted by Gasteiger charge is 2.33. The van der Waals surface area contributed by atoms with Gasteiger partial charge in [-0.05, 0) is 61.3 Å². The van der Waals surface area contributed by atoms with E-state index in [4.69, 9.17) is 4.74 Å². The number of rotatable bonds is 4. The van der Waals surface area contributed by atoms with Crippen molar-refractivity contribution in [3.8, 4) is 0 Å². The summed E-state index contributed by atoms with van der Waals surface area (Å²) in [5, 5.41) is 0. The Bertz CT molecular complexity index is 313. The maximum Gasteiger partial charge on any atom is 0.410 e. The van der Waals surface area contributed by atoms with Gasteiger partial charge in [-0.2, -0.15) is 0 Å². The summed E-state index contributed by atoms with van der Waals surface area (Å²) in [4.78, 5) is 16.6. The Morgan fingerprint density at radius 3 is 2.25 bits per heavy atom. The number of carbonyl (C=O) groups is 1. The largest absolute Gasteiger partial charge is 0.444 e. The molecule has 0 spiro atoms. The summed E-state index contributed by atoms with van der Waals surface area (Å²) in [5.41, 5.74) is -0.417. The second-order valence-electron chi connectivity index (χ2n) is 7.35. The van der Waals surface area contributed by atoms with Gasteiger partial charge in [-0.3, -0.25) is 4.90 Å². The highest BCUT2D eigenvalue weighted by atomic mass is 16.6. The number of nitrogens with zero attached hydrogens (tertiary/aromatic N) is 2. The van der Waals surface area contributed by atoms with E-state index in [0.717, 1.165) is 25.9 Å². The van der Waals surface area contributed by atoms with E-state index in [1.54, 1.807) is 0 Å². The molecule has 0 radical (unpaired) electrons. The zero-order valence-electron chi connectivity index (χ0n) is 14.3. The second-order valence-corrected chi connectivity index (χ2v) is 7.35. The van der Waals surface area contributed by atoms with Gasteiger partial charge in [0.1, 0.15) is 5.60 Å². The Morgan fingerprint density at radius 2 is 1.80 bits per heavy atom. The van der Waals surface area contributed by atoms with Crippen LogP contribution in [0.5, 0.6) is 0 Å². The van der Waals surface area contributed by atoms with Crippen LogP contribution in [0.25, 0.3) is 0 Å². The van der Waals surface area contributed by atoms with Gasteiger partial charge >= 0.3 is 6.09 Å². The van der Waals surface area contributed by atoms with Gasteiger partial charge in [0.05, 0.1) is 0 Å². The van der Waals surface area contributed by atoms with Crippen molar-refractivity contribution >= 4 is 6.09 Å². The third kappa shape index (κ3) is 4.97. The van der Waals surface area contributed by atoms with Crippen LogP contribution in [0.4, 0.5) is 4.79 Å². The van der Waals surface area contributed by atoms with Crippen molar-refractivity contribution in [1.82, 2.24) is 9.80 Å². The van der Waals surface area contributed by atoms with Crippen LogP contribution in [-0.4, -0.2) is 52.7 Å². The molecule has 118 valence electrons. The lowest BCUT2D eigenvalue weighted by molar-refractivity contribution is 0.0170. The Hall–Kier alpha value is -0.770. The second kappa shape index (κ2) is 6.79. The molecule has 1 fully saturated rings. The van der Waals surface area contributed by atoms with Crippen LogP contribution in [-0.2, 0) is 4.74 Å². The van der Waals surface area contributed by atoms with E-state index in [-0.39, 0.29) is 12.1 Å². The van der Waals surface area contributed by atoms with Crippen LogP contribution in [0.15, 0.2) is 0 Å². The summed E-state index contributed by atoms with van der Waals surface area (Å²) in [7, 11) is 0. The highest BCUT2D eigenvalue weighted by molar-refractivity contribution is 5.69. The molecule has 1 aliphatic heterocycles. The Labute approximate surface area is 124 Å². The molecule has 1 saturated heterocycles. The van der Waals surface area contributed by atoms with Gasteiger partial charge in [-0.1, -0.05) is 0 Å². The van der Waals surface area contributed by atoms with Crippen LogP contribution in [0, 0.1) is 0 Å². The average molecular weight is 284 g/mol. The molecule has 1 rings (SSSR count). The molecular formula is C16H32N2O2. The van der Waals surface area contributed by atoms with E-state index in [0.29, 0.717) is 12.1 Å². The molecule has 0 aromatic carbocycles. The monoisotopic (exact) mass is 284 g/mol. The van der Waals surface area contributed by atoms with Crippen molar-refractivity contribution in [2.75, 3.05) is 13.1 Å². The number of amides is 1. The zero-order chi connectivity index (χ0) is 15.5. The van der Waals surface area contributed by atoms with E-state index in [1.807, 2.05) is 25.7 Å². The van der Waals surface area contributed by atoms with Crippen molar-refractivity contribution in [2.24, 2.45) is 0 Å². The first-order valence-corrected chi connectivity index (χ1v) is 7.87. The van der Waals surface area contributed by atoms with Gasteiger partial charge in [-0.15, -0.1) is 0 Å². The molecule has 0 aromatic heterocycles. The first kappa shape index (κ1) is 17.3. The fourth-order valence-electron chi connectivity index (χ4n) is 2.85. The van der Waals surface area contributed by atoms with E-state index < -0.39 is 5.60 Å². The minimum Gasteiger partial charge on any atom is -0.444 e. The molecule has 20 heavy (non-hydrogen) atoms. The summed E-state index contributed by atoms with van der Waals surface area (Å²) in [6.45, 7) is 16.4. The molecule has 4 nitrogen and oxygen atoms in total. The van der Waals surface area contributed by atoms with E-state index in [1.165, 1.54) is 0 Å². The molecule has 1 heterocycles. The number of likely N-dealkylation sites (tertiary alicyclic amines) is 1. The summed E-state index contributed by atoms with van der Waals surface area (Å²) in [6.07, 6.45) is 2.00. The summed E-state index contributed by atoms with van der Waals surface area (Å²) < 4.78 is 5.52. The van der Waals surface area contributed by atoms with Gasteiger partial charge < -0.3 is 9.64 Å². The number of ether oxygens (including phenoxy) is 1. The van der Waals surface area contributed by atoms with Crippen LogP contribution in [0.3, 0.4) is 0 Å². The van der Waals surface area contributed by atoms with Crippen LogP contribution < -0.4 is 0 Å². The molecule has 0 aromatic rings. The minimum atomic E-state index is -0.417. The lowest BCUT2D eigenvalue weighted by atomic mass is 10.1. The first-order chi connectivity index (χ1) is 9.11. The normalized spacial score (nSPS) is 20.3. The predicted molar refractivity (Wildman–Crippen MR) is 82.9 cm³/mol. The maximum absolute atomic E-state index is 12.3. The van der Waals surface area contributed by atoms with Gasteiger partial charge in [0, 0.05) is 31.2 Å². The highest BCUT2D eigenvalue weighted by Crippen LogP contribution is 2.23.